The Morgan fingerprint density at radius 3 is 1.53 bits per heavy atom. The van der Waals surface area contributed by atoms with E-state index in [9.17, 15) is 28.8 Å². The fourth-order valence-corrected chi connectivity index (χ4v) is 3.11. The maximum absolute atomic E-state index is 12.4. The van der Waals surface area contributed by atoms with Crippen LogP contribution in [0.25, 0.3) is 0 Å². The minimum absolute atomic E-state index is 0.0638. The zero-order valence-electron chi connectivity index (χ0n) is 22.8. The van der Waals surface area contributed by atoms with Crippen LogP contribution in [0.4, 0.5) is 0 Å². The summed E-state index contributed by atoms with van der Waals surface area (Å²) in [6, 6.07) is 8.00. The third-order valence-electron chi connectivity index (χ3n) is 4.66. The average Bonchev–Trinajstić information content (AvgIpc) is 2.86. The molecule has 0 saturated carbocycles. The molecule has 0 aliphatic rings. The molecule has 1 rings (SSSR count). The molecule has 0 unspecified atom stereocenters. The lowest BCUT2D eigenvalue weighted by Crippen LogP contribution is -2.61. The van der Waals surface area contributed by atoms with Gasteiger partial charge in [-0.05, 0) is 46.1 Å². The molecule has 0 aliphatic heterocycles. The van der Waals surface area contributed by atoms with Gasteiger partial charge in [-0.2, -0.15) is 0 Å². The second kappa shape index (κ2) is 18.3. The number of nitrogens with one attached hydrogen (secondary N) is 2. The quantitative estimate of drug-likeness (QED) is 0.212. The molecule has 2 amide bonds. The van der Waals surface area contributed by atoms with E-state index in [1.54, 1.807) is 27.7 Å². The number of amides is 2. The van der Waals surface area contributed by atoms with Gasteiger partial charge in [0.1, 0.15) is 0 Å². The second-order valence-corrected chi connectivity index (χ2v) is 7.65. The van der Waals surface area contributed by atoms with Gasteiger partial charge in [-0.15, -0.1) is 0 Å². The first-order valence-electron chi connectivity index (χ1n) is 12.3. The predicted molar refractivity (Wildman–Crippen MR) is 135 cm³/mol. The molecule has 1 aromatic rings. The first kappa shape index (κ1) is 34.0. The van der Waals surface area contributed by atoms with Crippen molar-refractivity contribution >= 4 is 35.7 Å². The highest BCUT2D eigenvalue weighted by Gasteiger charge is 2.49. The van der Waals surface area contributed by atoms with Crippen molar-refractivity contribution in [2.24, 2.45) is 0 Å². The normalized spacial score (nSPS) is 10.3. The number of rotatable bonds is 13. The number of benzene rings is 1. The van der Waals surface area contributed by atoms with Crippen molar-refractivity contribution in [3.05, 3.63) is 35.9 Å². The highest BCUT2D eigenvalue weighted by molar-refractivity contribution is 6.07. The van der Waals surface area contributed by atoms with E-state index in [-0.39, 0.29) is 32.8 Å². The summed E-state index contributed by atoms with van der Waals surface area (Å²) < 4.78 is 19.3. The Labute approximate surface area is 222 Å². The summed E-state index contributed by atoms with van der Waals surface area (Å²) in [6.07, 6.45) is 0.479. The fourth-order valence-electron chi connectivity index (χ4n) is 3.11. The summed E-state index contributed by atoms with van der Waals surface area (Å²) in [5, 5.41) is 4.61. The van der Waals surface area contributed by atoms with E-state index in [2.05, 4.69) is 20.1 Å². The molecule has 1 aromatic carbocycles. The van der Waals surface area contributed by atoms with Crippen molar-refractivity contribution in [2.75, 3.05) is 26.4 Å². The van der Waals surface area contributed by atoms with Gasteiger partial charge in [0.05, 0.1) is 26.4 Å². The standard InChI is InChI=1S/C17H23NO5.C9H15NO5/c1-4-22-15(20)17(18-13(3)19,16(21)23-5-2)12-11-14-9-7-6-8-10-14;1-4-14-8(12)7(10-6(3)11)9(13)15-5-2/h6-10H,4-5,11-12H2,1-3H3,(H,18,19);7H,4-5H2,1-3H3,(H,10,11). The first-order valence-corrected chi connectivity index (χ1v) is 12.3. The number of carbonyl (C=O) groups is 6. The first-order chi connectivity index (χ1) is 18.0. The van der Waals surface area contributed by atoms with Crippen LogP contribution in [0.5, 0.6) is 0 Å². The van der Waals surface area contributed by atoms with Gasteiger partial charge in [-0.25, -0.2) is 19.2 Å². The van der Waals surface area contributed by atoms with Crippen molar-refractivity contribution in [2.45, 2.75) is 66.0 Å². The van der Waals surface area contributed by atoms with E-state index in [0.29, 0.717) is 6.42 Å². The molecular weight excluding hydrogens is 500 g/mol. The topological polar surface area (TPSA) is 163 Å². The van der Waals surface area contributed by atoms with Crippen LogP contribution in [0.15, 0.2) is 30.3 Å². The number of carbonyl (C=O) groups excluding carboxylic acids is 6. The van der Waals surface area contributed by atoms with E-state index in [4.69, 9.17) is 9.47 Å². The summed E-state index contributed by atoms with van der Waals surface area (Å²) in [5.41, 5.74) is -0.885. The number of hydrogen-bond donors (Lipinski definition) is 2. The molecule has 0 radical (unpaired) electrons. The molecule has 0 aromatic heterocycles. The third-order valence-corrected chi connectivity index (χ3v) is 4.66. The van der Waals surface area contributed by atoms with Gasteiger partial charge in [-0.3, -0.25) is 9.59 Å². The maximum Gasteiger partial charge on any atom is 0.343 e. The van der Waals surface area contributed by atoms with Crippen LogP contribution < -0.4 is 10.6 Å². The van der Waals surface area contributed by atoms with Crippen LogP contribution in [0.3, 0.4) is 0 Å². The minimum Gasteiger partial charge on any atom is -0.464 e. The summed E-state index contributed by atoms with van der Waals surface area (Å²) in [7, 11) is 0. The fraction of sp³-hybridized carbons (Fsp3) is 0.538. The van der Waals surface area contributed by atoms with E-state index in [1.807, 2.05) is 30.3 Å². The molecule has 0 atom stereocenters. The van der Waals surface area contributed by atoms with Crippen molar-refractivity contribution in [3.8, 4) is 0 Å². The second-order valence-electron chi connectivity index (χ2n) is 7.65. The molecule has 12 heteroatoms. The Kier molecular flexibility index (Phi) is 16.4. The lowest BCUT2D eigenvalue weighted by Gasteiger charge is -2.29. The van der Waals surface area contributed by atoms with Crippen LogP contribution in [0.2, 0.25) is 0 Å². The molecule has 0 bridgehead atoms. The minimum atomic E-state index is -1.83. The Morgan fingerprint density at radius 2 is 1.16 bits per heavy atom. The number of esters is 4. The van der Waals surface area contributed by atoms with Crippen molar-refractivity contribution in [1.82, 2.24) is 10.6 Å². The average molecular weight is 539 g/mol. The molecule has 0 aliphatic carbocycles. The van der Waals surface area contributed by atoms with Gasteiger partial charge < -0.3 is 29.6 Å². The van der Waals surface area contributed by atoms with Crippen LogP contribution >= 0.6 is 0 Å². The third kappa shape index (κ3) is 11.8. The van der Waals surface area contributed by atoms with Gasteiger partial charge in [-0.1, -0.05) is 30.3 Å². The molecular formula is C26H38N2O10. The van der Waals surface area contributed by atoms with Gasteiger partial charge in [0.25, 0.3) is 0 Å². The Morgan fingerprint density at radius 1 is 0.711 bits per heavy atom. The molecule has 0 heterocycles. The van der Waals surface area contributed by atoms with Crippen molar-refractivity contribution in [3.63, 3.8) is 0 Å². The Balaban J connectivity index is 0.000000793. The van der Waals surface area contributed by atoms with Gasteiger partial charge in [0.15, 0.2) is 0 Å². The van der Waals surface area contributed by atoms with Crippen LogP contribution in [-0.4, -0.2) is 73.7 Å². The van der Waals surface area contributed by atoms with Gasteiger partial charge in [0.2, 0.25) is 23.4 Å². The molecule has 38 heavy (non-hydrogen) atoms. The van der Waals surface area contributed by atoms with E-state index >= 15 is 0 Å². The SMILES string of the molecule is CCOC(=O)C(CCc1ccccc1)(NC(C)=O)C(=O)OCC.CCOC(=O)C(NC(C)=O)C(=O)OCC. The zero-order chi connectivity index (χ0) is 29.1. The highest BCUT2D eigenvalue weighted by Crippen LogP contribution is 2.20. The molecule has 0 fully saturated rings. The summed E-state index contributed by atoms with van der Waals surface area (Å²) in [5.74, 6) is -4.23. The van der Waals surface area contributed by atoms with Crippen LogP contribution in [0.1, 0.15) is 53.5 Å². The number of hydrogen-bond acceptors (Lipinski definition) is 10. The number of aryl methyl sites for hydroxylation is 1. The summed E-state index contributed by atoms with van der Waals surface area (Å²) in [4.78, 5) is 69.6. The van der Waals surface area contributed by atoms with Crippen molar-refractivity contribution in [1.29, 1.82) is 0 Å². The monoisotopic (exact) mass is 538 g/mol. The smallest absolute Gasteiger partial charge is 0.343 e. The lowest BCUT2D eigenvalue weighted by atomic mass is 9.90. The molecule has 0 saturated heterocycles. The van der Waals surface area contributed by atoms with E-state index in [1.165, 1.54) is 13.8 Å². The Bertz CT molecular complexity index is 897. The molecule has 212 valence electrons. The predicted octanol–water partition coefficient (Wildman–Crippen LogP) is 1.24. The van der Waals surface area contributed by atoms with E-state index < -0.39 is 47.3 Å². The van der Waals surface area contributed by atoms with Crippen LogP contribution in [0, 0.1) is 0 Å². The zero-order valence-corrected chi connectivity index (χ0v) is 22.8. The Hall–Kier alpha value is -3.96. The highest BCUT2D eigenvalue weighted by atomic mass is 16.6. The maximum atomic E-state index is 12.4. The van der Waals surface area contributed by atoms with E-state index in [0.717, 1.165) is 5.56 Å². The molecule has 0 spiro atoms. The number of ether oxygens (including phenoxy) is 4. The lowest BCUT2D eigenvalue weighted by molar-refractivity contribution is -0.168. The summed E-state index contributed by atoms with van der Waals surface area (Å²) >= 11 is 0. The summed E-state index contributed by atoms with van der Waals surface area (Å²) in [6.45, 7) is 9.40. The van der Waals surface area contributed by atoms with Crippen LogP contribution in [-0.2, 0) is 54.1 Å². The molecule has 2 N–H and O–H groups in total. The molecule has 12 nitrogen and oxygen atoms in total. The largest absolute Gasteiger partial charge is 0.464 e. The van der Waals surface area contributed by atoms with Gasteiger partial charge in [0, 0.05) is 13.8 Å². The van der Waals surface area contributed by atoms with Crippen molar-refractivity contribution < 1.29 is 47.7 Å². The van der Waals surface area contributed by atoms with Gasteiger partial charge >= 0.3 is 23.9 Å².